The molecule has 1 heterocycles. The number of hydrogen-bond donors (Lipinski definition) is 0. The van der Waals surface area contributed by atoms with Gasteiger partial charge in [-0.25, -0.2) is 17.5 Å². The number of Topliss-reactive ketones (excluding diaryl/α,β-unsaturated/α-hetero) is 1. The Kier molecular flexibility index (Phi) is 7.94. The average molecular weight is 437 g/mol. The van der Waals surface area contributed by atoms with E-state index in [-0.39, 0.29) is 16.2 Å². The molecule has 0 radical (unpaired) electrons. The van der Waals surface area contributed by atoms with Crippen LogP contribution in [0.4, 0.5) is 0 Å². The Morgan fingerprint density at radius 2 is 1.83 bits per heavy atom. The molecule has 0 aliphatic heterocycles. The summed E-state index contributed by atoms with van der Waals surface area (Å²) in [6, 6.07) is 7.33. The molecule has 8 nitrogen and oxygen atoms in total. The number of carbonyl (C=O) groups is 2. The molecule has 0 aliphatic rings. The summed E-state index contributed by atoms with van der Waals surface area (Å²) in [5.41, 5.74) is 2.32. The normalized spacial score (nSPS) is 11.7. The Morgan fingerprint density at radius 3 is 2.47 bits per heavy atom. The molecule has 2 aromatic rings. The number of benzene rings is 1. The molecule has 0 spiro atoms. The molecule has 0 saturated carbocycles. The van der Waals surface area contributed by atoms with Crippen molar-refractivity contribution in [3.63, 3.8) is 0 Å². The van der Waals surface area contributed by atoms with Crippen LogP contribution in [-0.4, -0.2) is 63.5 Å². The topological polar surface area (TPSA) is 94.9 Å². The van der Waals surface area contributed by atoms with Gasteiger partial charge in [0.05, 0.1) is 10.5 Å². The van der Waals surface area contributed by atoms with Gasteiger partial charge >= 0.3 is 5.97 Å². The Bertz CT molecular complexity index is 1020. The lowest BCUT2D eigenvalue weighted by Gasteiger charge is -2.12. The van der Waals surface area contributed by atoms with Crippen LogP contribution in [0.5, 0.6) is 0 Å². The monoisotopic (exact) mass is 436 g/mol. The third-order valence-corrected chi connectivity index (χ3v) is 6.60. The Hall–Kier alpha value is -2.49. The van der Waals surface area contributed by atoms with E-state index in [0.717, 1.165) is 28.7 Å². The van der Waals surface area contributed by atoms with Gasteiger partial charge in [0.2, 0.25) is 15.8 Å². The van der Waals surface area contributed by atoms with E-state index in [9.17, 15) is 18.0 Å². The fraction of sp³-hybridized carbons (Fsp3) is 0.429. The van der Waals surface area contributed by atoms with Gasteiger partial charge in [-0.2, -0.15) is 0 Å². The minimum Gasteiger partial charge on any atom is -0.454 e. The Balaban J connectivity index is 2.09. The highest BCUT2D eigenvalue weighted by molar-refractivity contribution is 7.89. The average Bonchev–Trinajstić information content (AvgIpc) is 3.00. The molecule has 0 aliphatic carbocycles. The van der Waals surface area contributed by atoms with E-state index in [1.807, 2.05) is 18.4 Å². The summed E-state index contributed by atoms with van der Waals surface area (Å²) in [5, 5.41) is 0. The number of esters is 1. The molecule has 0 N–H and O–H groups in total. The van der Waals surface area contributed by atoms with Gasteiger partial charge in [-0.15, -0.1) is 0 Å². The van der Waals surface area contributed by atoms with Crippen molar-refractivity contribution in [2.75, 3.05) is 34.4 Å². The van der Waals surface area contributed by atoms with E-state index >= 15 is 0 Å². The largest absolute Gasteiger partial charge is 0.454 e. The van der Waals surface area contributed by atoms with Crippen LogP contribution in [-0.2, 0) is 26.0 Å². The summed E-state index contributed by atoms with van der Waals surface area (Å²) >= 11 is 0. The van der Waals surface area contributed by atoms with Crippen molar-refractivity contribution >= 4 is 21.8 Å². The van der Waals surface area contributed by atoms with Crippen LogP contribution in [0.25, 0.3) is 0 Å². The predicted molar refractivity (Wildman–Crippen MR) is 112 cm³/mol. The number of aryl methyl sites for hydroxylation is 1. The molecule has 2 rings (SSSR count). The number of aromatic nitrogens is 1. The highest BCUT2D eigenvalue weighted by atomic mass is 32.2. The van der Waals surface area contributed by atoms with Crippen LogP contribution >= 0.6 is 0 Å². The Labute approximate surface area is 177 Å². The van der Waals surface area contributed by atoms with Crippen molar-refractivity contribution in [3.8, 4) is 0 Å². The second kappa shape index (κ2) is 10.0. The molecule has 1 aromatic heterocycles. The molecule has 0 unspecified atom stereocenters. The molecule has 0 atom stereocenters. The van der Waals surface area contributed by atoms with Gasteiger partial charge in [0.1, 0.15) is 0 Å². The summed E-state index contributed by atoms with van der Waals surface area (Å²) in [6.07, 6.45) is 0.821. The van der Waals surface area contributed by atoms with Gasteiger partial charge in [0, 0.05) is 51.3 Å². The van der Waals surface area contributed by atoms with Gasteiger partial charge < -0.3 is 14.0 Å². The smallest absolute Gasteiger partial charge is 0.338 e. The summed E-state index contributed by atoms with van der Waals surface area (Å²) in [4.78, 5) is 24.9. The molecule has 1 aromatic carbocycles. The van der Waals surface area contributed by atoms with Crippen molar-refractivity contribution in [2.45, 2.75) is 31.7 Å². The maximum atomic E-state index is 12.6. The number of sulfonamides is 1. The number of ether oxygens (including phenoxy) is 2. The van der Waals surface area contributed by atoms with E-state index < -0.39 is 22.6 Å². The standard InChI is InChI=1S/C21H28N2O6S/c1-15-12-19(16(2)23(15)10-7-11-28-5)20(24)14-29-21(25)17-8-6-9-18(13-17)30(26,27)22(3)4/h6,8-9,12-13H,7,10-11,14H2,1-5H3. The predicted octanol–water partition coefficient (Wildman–Crippen LogP) is 2.43. The van der Waals surface area contributed by atoms with Crippen LogP contribution in [0.3, 0.4) is 0 Å². The minimum absolute atomic E-state index is 0.0205. The van der Waals surface area contributed by atoms with Gasteiger partial charge in [-0.05, 0) is 44.5 Å². The number of nitrogens with zero attached hydrogens (tertiary/aromatic N) is 2. The van der Waals surface area contributed by atoms with Gasteiger partial charge in [0.15, 0.2) is 6.61 Å². The molecule has 0 saturated heterocycles. The lowest BCUT2D eigenvalue weighted by atomic mass is 10.1. The SMILES string of the molecule is COCCCn1c(C)cc(C(=O)COC(=O)c2cccc(S(=O)(=O)N(C)C)c2)c1C. The molecule has 0 bridgehead atoms. The first-order valence-corrected chi connectivity index (χ1v) is 10.9. The van der Waals surface area contributed by atoms with Crippen LogP contribution < -0.4 is 0 Å². The molecular weight excluding hydrogens is 408 g/mol. The molecule has 30 heavy (non-hydrogen) atoms. The van der Waals surface area contributed by atoms with E-state index in [1.54, 1.807) is 13.2 Å². The van der Waals surface area contributed by atoms with E-state index in [2.05, 4.69) is 0 Å². The summed E-state index contributed by atoms with van der Waals surface area (Å²) in [7, 11) is 0.780. The van der Waals surface area contributed by atoms with Crippen LogP contribution in [0.1, 0.15) is 38.5 Å². The zero-order chi connectivity index (χ0) is 22.5. The van der Waals surface area contributed by atoms with Crippen molar-refractivity contribution in [1.82, 2.24) is 8.87 Å². The molecule has 164 valence electrons. The number of hydrogen-bond acceptors (Lipinski definition) is 6. The number of ketones is 1. The second-order valence-corrected chi connectivity index (χ2v) is 9.25. The van der Waals surface area contributed by atoms with Gasteiger partial charge in [0.25, 0.3) is 0 Å². The fourth-order valence-electron chi connectivity index (χ4n) is 3.08. The quantitative estimate of drug-likeness (QED) is 0.323. The van der Waals surface area contributed by atoms with Crippen molar-refractivity contribution in [3.05, 3.63) is 52.8 Å². The first kappa shape index (κ1) is 23.8. The fourth-order valence-corrected chi connectivity index (χ4v) is 4.03. The third-order valence-electron chi connectivity index (χ3n) is 4.79. The summed E-state index contributed by atoms with van der Waals surface area (Å²) in [5.74, 6) is -1.07. The van der Waals surface area contributed by atoms with Crippen LogP contribution in [0, 0.1) is 13.8 Å². The highest BCUT2D eigenvalue weighted by Gasteiger charge is 2.21. The molecule has 0 amide bonds. The first-order chi connectivity index (χ1) is 14.1. The lowest BCUT2D eigenvalue weighted by molar-refractivity contribution is 0.0474. The number of methoxy groups -OCH3 is 1. The Morgan fingerprint density at radius 1 is 1.13 bits per heavy atom. The van der Waals surface area contributed by atoms with Gasteiger partial charge in [-0.3, -0.25) is 4.79 Å². The third kappa shape index (κ3) is 5.35. The lowest BCUT2D eigenvalue weighted by Crippen LogP contribution is -2.22. The maximum absolute atomic E-state index is 12.6. The minimum atomic E-state index is -3.68. The first-order valence-electron chi connectivity index (χ1n) is 9.48. The van der Waals surface area contributed by atoms with Crippen molar-refractivity contribution in [1.29, 1.82) is 0 Å². The summed E-state index contributed by atoms with van der Waals surface area (Å²) < 4.78 is 37.8. The zero-order valence-electron chi connectivity index (χ0n) is 18.0. The number of carbonyl (C=O) groups excluding carboxylic acids is 2. The number of rotatable bonds is 10. The van der Waals surface area contributed by atoms with Crippen molar-refractivity contribution < 1.29 is 27.5 Å². The zero-order valence-corrected chi connectivity index (χ0v) is 18.8. The second-order valence-electron chi connectivity index (χ2n) is 7.10. The van der Waals surface area contributed by atoms with Crippen LogP contribution in [0.2, 0.25) is 0 Å². The van der Waals surface area contributed by atoms with E-state index in [1.165, 1.54) is 38.4 Å². The molecular formula is C21H28N2O6S. The molecule has 9 heteroatoms. The van der Waals surface area contributed by atoms with E-state index in [0.29, 0.717) is 12.2 Å². The maximum Gasteiger partial charge on any atom is 0.338 e. The van der Waals surface area contributed by atoms with Gasteiger partial charge in [-0.1, -0.05) is 6.07 Å². The van der Waals surface area contributed by atoms with Crippen molar-refractivity contribution in [2.24, 2.45) is 0 Å². The summed E-state index contributed by atoms with van der Waals surface area (Å²) in [6.45, 7) is 4.70. The highest BCUT2D eigenvalue weighted by Crippen LogP contribution is 2.18. The van der Waals surface area contributed by atoms with E-state index in [4.69, 9.17) is 9.47 Å². The molecule has 0 fully saturated rings. The van der Waals surface area contributed by atoms with Crippen LogP contribution in [0.15, 0.2) is 35.2 Å².